The third-order valence-electron chi connectivity index (χ3n) is 4.62. The molecular weight excluding hydrogens is 402 g/mol. The summed E-state index contributed by atoms with van der Waals surface area (Å²) in [5.74, 6) is -0.0654. The van der Waals surface area contributed by atoms with Crippen LogP contribution in [0.1, 0.15) is 48.1 Å². The first kappa shape index (κ1) is 21.6. The van der Waals surface area contributed by atoms with Crippen LogP contribution in [0.4, 0.5) is 11.4 Å². The van der Waals surface area contributed by atoms with E-state index in [9.17, 15) is 13.2 Å². The van der Waals surface area contributed by atoms with Gasteiger partial charge in [0.1, 0.15) is 5.69 Å². The Morgan fingerprint density at radius 2 is 1.63 bits per heavy atom. The van der Waals surface area contributed by atoms with Gasteiger partial charge >= 0.3 is 0 Å². The molecule has 2 N–H and O–H groups in total. The third-order valence-corrected chi connectivity index (χ3v) is 6.25. The first-order valence-corrected chi connectivity index (χ1v) is 10.9. The molecule has 158 valence electrons. The number of aromatic nitrogens is 1. The minimum Gasteiger partial charge on any atom is -0.360 e. The lowest BCUT2D eigenvalue weighted by atomic mass is 9.87. The number of rotatable bonds is 5. The van der Waals surface area contributed by atoms with Crippen LogP contribution < -0.4 is 10.0 Å². The number of benzene rings is 2. The first-order valence-electron chi connectivity index (χ1n) is 9.45. The van der Waals surface area contributed by atoms with E-state index in [0.29, 0.717) is 16.9 Å². The lowest BCUT2D eigenvalue weighted by Gasteiger charge is -2.19. The monoisotopic (exact) mass is 427 g/mol. The Morgan fingerprint density at radius 1 is 1.00 bits per heavy atom. The van der Waals surface area contributed by atoms with Gasteiger partial charge in [-0.25, -0.2) is 8.42 Å². The molecule has 2 aromatic carbocycles. The number of sulfonamides is 1. The molecule has 0 unspecified atom stereocenters. The van der Waals surface area contributed by atoms with Crippen molar-refractivity contribution in [2.24, 2.45) is 0 Å². The maximum atomic E-state index is 12.7. The van der Waals surface area contributed by atoms with Crippen LogP contribution >= 0.6 is 0 Å². The number of nitrogens with one attached hydrogen (secondary N) is 2. The van der Waals surface area contributed by atoms with E-state index in [4.69, 9.17) is 4.52 Å². The van der Waals surface area contributed by atoms with Crippen molar-refractivity contribution in [3.05, 3.63) is 71.1 Å². The SMILES string of the molecule is Cc1noc(C)c1S(=O)(=O)Nc1cccc(NC(=O)c2ccc(C(C)(C)C)cc2)c1. The second-order valence-corrected chi connectivity index (χ2v) is 9.74. The Balaban J connectivity index is 1.76. The van der Waals surface area contributed by atoms with Crippen molar-refractivity contribution in [2.45, 2.75) is 44.9 Å². The molecule has 0 aliphatic carbocycles. The van der Waals surface area contributed by atoms with E-state index in [1.807, 2.05) is 12.1 Å². The number of carbonyl (C=O) groups is 1. The fourth-order valence-electron chi connectivity index (χ4n) is 3.05. The number of amides is 1. The topological polar surface area (TPSA) is 101 Å². The minimum absolute atomic E-state index is 0.00170. The second-order valence-electron chi connectivity index (χ2n) is 8.12. The normalized spacial score (nSPS) is 11.9. The van der Waals surface area contributed by atoms with Crippen LogP contribution in [0.3, 0.4) is 0 Å². The highest BCUT2D eigenvalue weighted by Crippen LogP contribution is 2.25. The van der Waals surface area contributed by atoms with E-state index in [1.165, 1.54) is 6.92 Å². The van der Waals surface area contributed by atoms with Gasteiger partial charge in [-0.1, -0.05) is 44.1 Å². The van der Waals surface area contributed by atoms with Crippen molar-refractivity contribution in [3.8, 4) is 0 Å². The molecule has 1 heterocycles. The first-order chi connectivity index (χ1) is 14.0. The van der Waals surface area contributed by atoms with Crippen LogP contribution in [-0.4, -0.2) is 19.5 Å². The average molecular weight is 428 g/mol. The summed E-state index contributed by atoms with van der Waals surface area (Å²) >= 11 is 0. The van der Waals surface area contributed by atoms with Crippen molar-refractivity contribution in [1.29, 1.82) is 0 Å². The number of nitrogens with zero attached hydrogens (tertiary/aromatic N) is 1. The van der Waals surface area contributed by atoms with Gasteiger partial charge in [-0.2, -0.15) is 0 Å². The highest BCUT2D eigenvalue weighted by atomic mass is 32.2. The van der Waals surface area contributed by atoms with E-state index in [0.717, 1.165) is 5.56 Å². The third kappa shape index (κ3) is 4.71. The molecule has 0 aliphatic rings. The van der Waals surface area contributed by atoms with Gasteiger partial charge in [0.15, 0.2) is 10.7 Å². The summed E-state index contributed by atoms with van der Waals surface area (Å²) in [6, 6.07) is 13.9. The van der Waals surface area contributed by atoms with Crippen LogP contribution in [0.5, 0.6) is 0 Å². The largest absolute Gasteiger partial charge is 0.360 e. The number of aryl methyl sites for hydroxylation is 2. The molecule has 30 heavy (non-hydrogen) atoms. The average Bonchev–Trinajstić information content (AvgIpc) is 3.00. The quantitative estimate of drug-likeness (QED) is 0.618. The van der Waals surface area contributed by atoms with Gasteiger partial charge in [-0.15, -0.1) is 0 Å². The molecule has 7 nitrogen and oxygen atoms in total. The van der Waals surface area contributed by atoms with E-state index in [-0.39, 0.29) is 27.7 Å². The standard InChI is InChI=1S/C22H25N3O4S/c1-14-20(15(2)29-24-14)30(27,28)25-19-8-6-7-18(13-19)23-21(26)16-9-11-17(12-10-16)22(3,4)5/h6-13,25H,1-5H3,(H,23,26). The second kappa shape index (κ2) is 7.95. The number of anilines is 2. The van der Waals surface area contributed by atoms with Crippen LogP contribution in [0.2, 0.25) is 0 Å². The van der Waals surface area contributed by atoms with Gasteiger partial charge in [-0.3, -0.25) is 9.52 Å². The van der Waals surface area contributed by atoms with E-state index in [2.05, 4.69) is 36.0 Å². The summed E-state index contributed by atoms with van der Waals surface area (Å²) in [7, 11) is -3.87. The van der Waals surface area contributed by atoms with Gasteiger partial charge in [0, 0.05) is 11.3 Å². The fraction of sp³-hybridized carbons (Fsp3) is 0.273. The van der Waals surface area contributed by atoms with Gasteiger partial charge < -0.3 is 9.84 Å². The maximum absolute atomic E-state index is 12.7. The van der Waals surface area contributed by atoms with Crippen LogP contribution in [-0.2, 0) is 15.4 Å². The molecule has 0 atom stereocenters. The molecule has 0 spiro atoms. The highest BCUT2D eigenvalue weighted by Gasteiger charge is 2.24. The van der Waals surface area contributed by atoms with Crippen molar-refractivity contribution >= 4 is 27.3 Å². The zero-order valence-electron chi connectivity index (χ0n) is 17.6. The summed E-state index contributed by atoms with van der Waals surface area (Å²) in [5, 5.41) is 6.48. The number of carbonyl (C=O) groups excluding carboxylic acids is 1. The zero-order chi connectivity index (χ0) is 22.1. The number of hydrogen-bond acceptors (Lipinski definition) is 5. The summed E-state index contributed by atoms with van der Waals surface area (Å²) in [6.45, 7) is 9.43. The van der Waals surface area contributed by atoms with E-state index >= 15 is 0 Å². The molecular formula is C22H25N3O4S. The Bertz CT molecular complexity index is 1150. The minimum atomic E-state index is -3.87. The Hall–Kier alpha value is -3.13. The van der Waals surface area contributed by atoms with Gasteiger partial charge in [0.25, 0.3) is 15.9 Å². The van der Waals surface area contributed by atoms with Gasteiger partial charge in [-0.05, 0) is 55.2 Å². The van der Waals surface area contributed by atoms with E-state index in [1.54, 1.807) is 43.3 Å². The van der Waals surface area contributed by atoms with Crippen molar-refractivity contribution in [2.75, 3.05) is 10.0 Å². The smallest absolute Gasteiger partial charge is 0.267 e. The van der Waals surface area contributed by atoms with Crippen LogP contribution in [0, 0.1) is 13.8 Å². The van der Waals surface area contributed by atoms with Crippen LogP contribution in [0.25, 0.3) is 0 Å². The predicted molar refractivity (Wildman–Crippen MR) is 116 cm³/mol. The summed E-state index contributed by atoms with van der Waals surface area (Å²) in [6.07, 6.45) is 0. The molecule has 3 rings (SSSR count). The molecule has 1 amide bonds. The molecule has 0 aliphatic heterocycles. The van der Waals surface area contributed by atoms with E-state index < -0.39 is 10.0 Å². The highest BCUT2D eigenvalue weighted by molar-refractivity contribution is 7.92. The summed E-state index contributed by atoms with van der Waals surface area (Å²) < 4.78 is 32.8. The lowest BCUT2D eigenvalue weighted by Crippen LogP contribution is -2.16. The molecule has 1 aromatic heterocycles. The molecule has 0 saturated heterocycles. The van der Waals surface area contributed by atoms with Crippen molar-refractivity contribution < 1.29 is 17.7 Å². The Kier molecular flexibility index (Phi) is 5.72. The lowest BCUT2D eigenvalue weighted by molar-refractivity contribution is 0.102. The Morgan fingerprint density at radius 3 is 2.20 bits per heavy atom. The van der Waals surface area contributed by atoms with Crippen LogP contribution in [0.15, 0.2) is 57.9 Å². The molecule has 0 fully saturated rings. The number of hydrogen-bond donors (Lipinski definition) is 2. The predicted octanol–water partition coefficient (Wildman–Crippen LogP) is 4.64. The summed E-state index contributed by atoms with van der Waals surface area (Å²) in [4.78, 5) is 12.6. The maximum Gasteiger partial charge on any atom is 0.267 e. The summed E-state index contributed by atoms with van der Waals surface area (Å²) in [5.41, 5.74) is 2.72. The fourth-order valence-corrected chi connectivity index (χ4v) is 4.43. The molecule has 0 bridgehead atoms. The van der Waals surface area contributed by atoms with Crippen molar-refractivity contribution in [3.63, 3.8) is 0 Å². The molecule has 3 aromatic rings. The van der Waals surface area contributed by atoms with Gasteiger partial charge in [0.2, 0.25) is 0 Å². The molecule has 0 radical (unpaired) electrons. The molecule has 8 heteroatoms. The molecule has 0 saturated carbocycles. The zero-order valence-corrected chi connectivity index (χ0v) is 18.4. The Labute approximate surface area is 176 Å². The van der Waals surface area contributed by atoms with Gasteiger partial charge in [0.05, 0.1) is 5.69 Å². The van der Waals surface area contributed by atoms with Crippen molar-refractivity contribution in [1.82, 2.24) is 5.16 Å².